The average molecular weight is 798 g/mol. The maximum absolute atomic E-state index is 4.59. The molecule has 0 aliphatic heterocycles. The molecule has 2 heterocycles. The Bertz CT molecular complexity index is 2860. The lowest BCUT2D eigenvalue weighted by molar-refractivity contribution is 1.10. The van der Waals surface area contributed by atoms with Gasteiger partial charge in [-0.25, -0.2) is 0 Å². The van der Waals surface area contributed by atoms with Crippen LogP contribution in [0.3, 0.4) is 0 Å². The van der Waals surface area contributed by atoms with Crippen LogP contribution in [-0.4, -0.2) is 17.0 Å². The molecule has 0 saturated carbocycles. The topological polar surface area (TPSA) is 37.8 Å². The van der Waals surface area contributed by atoms with Crippen molar-refractivity contribution in [2.45, 2.75) is 13.3 Å². The van der Waals surface area contributed by atoms with E-state index in [2.05, 4.69) is 204 Å². The second-order valence-electron chi connectivity index (χ2n) is 15.4. The van der Waals surface area contributed by atoms with E-state index in [0.29, 0.717) is 0 Å². The summed E-state index contributed by atoms with van der Waals surface area (Å²) >= 11 is 0. The Morgan fingerprint density at radius 1 is 0.387 bits per heavy atom. The van der Waals surface area contributed by atoms with Crippen molar-refractivity contribution in [2.75, 3.05) is 7.05 Å². The zero-order valence-electron chi connectivity index (χ0n) is 35.0. The molecule has 0 saturated heterocycles. The standard InChI is InChI=1S/C59H47N3/c1-42-38-43(16-4-3-13-35-60-2)25-34-51(42)57-22-10-9-21-56(57)50-40-48(54-19-7-5-17-52(54)44-26-30-46(31-27-44)58-23-11-14-36-61-58)39-49(41-50)55-20-8-6-18-53(55)45-28-32-47(33-29-45)59-24-12-15-37-62-59/h3-15,17-41,60H,16H2,1-2H3/b4-3-,35-13-. The van der Waals surface area contributed by atoms with Gasteiger partial charge in [0.05, 0.1) is 11.4 Å². The molecule has 9 rings (SSSR count). The van der Waals surface area contributed by atoms with E-state index in [0.717, 1.165) is 56.8 Å². The molecular formula is C59H47N3. The molecule has 298 valence electrons. The Balaban J connectivity index is 1.18. The van der Waals surface area contributed by atoms with Crippen LogP contribution in [0.2, 0.25) is 0 Å². The first-order valence-electron chi connectivity index (χ1n) is 21.2. The van der Waals surface area contributed by atoms with Crippen LogP contribution in [0.4, 0.5) is 0 Å². The van der Waals surface area contributed by atoms with Crippen LogP contribution in [0.5, 0.6) is 0 Å². The minimum Gasteiger partial charge on any atom is -0.394 e. The fourth-order valence-corrected chi connectivity index (χ4v) is 8.33. The number of hydrogen-bond donors (Lipinski definition) is 1. The van der Waals surface area contributed by atoms with E-state index >= 15 is 0 Å². The predicted octanol–water partition coefficient (Wildman–Crippen LogP) is 15.0. The molecule has 0 amide bonds. The van der Waals surface area contributed by atoms with Gasteiger partial charge in [-0.1, -0.05) is 164 Å². The van der Waals surface area contributed by atoms with Gasteiger partial charge < -0.3 is 5.32 Å². The maximum atomic E-state index is 4.59. The van der Waals surface area contributed by atoms with E-state index in [4.69, 9.17) is 0 Å². The Morgan fingerprint density at radius 3 is 1.24 bits per heavy atom. The molecule has 9 aromatic rings. The van der Waals surface area contributed by atoms with Crippen molar-refractivity contribution in [1.82, 2.24) is 15.3 Å². The van der Waals surface area contributed by atoms with E-state index in [1.54, 1.807) is 0 Å². The third-order valence-electron chi connectivity index (χ3n) is 11.4. The minimum atomic E-state index is 0.874. The molecule has 0 aliphatic rings. The van der Waals surface area contributed by atoms with Gasteiger partial charge in [0.2, 0.25) is 0 Å². The van der Waals surface area contributed by atoms with Gasteiger partial charge >= 0.3 is 0 Å². The van der Waals surface area contributed by atoms with Gasteiger partial charge in [0.25, 0.3) is 0 Å². The van der Waals surface area contributed by atoms with E-state index in [1.165, 1.54) is 50.1 Å². The Hall–Kier alpha value is -7.88. The number of hydrogen-bond acceptors (Lipinski definition) is 3. The first-order valence-corrected chi connectivity index (χ1v) is 21.2. The lowest BCUT2D eigenvalue weighted by Gasteiger charge is -2.18. The fraction of sp³-hybridized carbons (Fsp3) is 0.0508. The van der Waals surface area contributed by atoms with Crippen molar-refractivity contribution in [3.8, 4) is 89.3 Å². The Kier molecular flexibility index (Phi) is 11.9. The summed E-state index contributed by atoms with van der Waals surface area (Å²) in [6.45, 7) is 2.23. The number of allylic oxidation sites excluding steroid dienone is 3. The zero-order chi connectivity index (χ0) is 42.1. The molecule has 0 spiro atoms. The molecule has 3 heteroatoms. The van der Waals surface area contributed by atoms with E-state index in [-0.39, 0.29) is 0 Å². The summed E-state index contributed by atoms with van der Waals surface area (Å²) in [4.78, 5) is 9.18. The number of nitrogens with one attached hydrogen (secondary N) is 1. The minimum absolute atomic E-state index is 0.874. The summed E-state index contributed by atoms with van der Waals surface area (Å²) in [6, 6.07) is 70.0. The second kappa shape index (κ2) is 18.6. The largest absolute Gasteiger partial charge is 0.394 e. The van der Waals surface area contributed by atoms with Crippen LogP contribution in [0.15, 0.2) is 231 Å². The van der Waals surface area contributed by atoms with Crippen molar-refractivity contribution in [1.29, 1.82) is 0 Å². The van der Waals surface area contributed by atoms with Crippen LogP contribution in [-0.2, 0) is 6.42 Å². The molecular weight excluding hydrogens is 751 g/mol. The number of nitrogens with zero attached hydrogens (tertiary/aromatic N) is 2. The molecule has 0 bridgehead atoms. The zero-order valence-corrected chi connectivity index (χ0v) is 35.0. The first-order chi connectivity index (χ1) is 30.6. The molecule has 0 radical (unpaired) electrons. The summed E-state index contributed by atoms with van der Waals surface area (Å²) < 4.78 is 0. The molecule has 7 aromatic carbocycles. The van der Waals surface area contributed by atoms with Crippen LogP contribution < -0.4 is 5.32 Å². The van der Waals surface area contributed by atoms with Crippen molar-refractivity contribution < 1.29 is 0 Å². The van der Waals surface area contributed by atoms with E-state index in [9.17, 15) is 0 Å². The van der Waals surface area contributed by atoms with Gasteiger partial charge in [-0.3, -0.25) is 9.97 Å². The second-order valence-corrected chi connectivity index (χ2v) is 15.4. The monoisotopic (exact) mass is 797 g/mol. The van der Waals surface area contributed by atoms with Crippen molar-refractivity contribution >= 4 is 0 Å². The Morgan fingerprint density at radius 2 is 0.806 bits per heavy atom. The highest BCUT2D eigenvalue weighted by molar-refractivity contribution is 5.94. The van der Waals surface area contributed by atoms with Crippen LogP contribution in [0, 0.1) is 6.92 Å². The fourth-order valence-electron chi connectivity index (χ4n) is 8.33. The lowest BCUT2D eigenvalue weighted by Crippen LogP contribution is -1.93. The van der Waals surface area contributed by atoms with Crippen LogP contribution in [0.1, 0.15) is 11.1 Å². The highest BCUT2D eigenvalue weighted by atomic mass is 14.8. The molecule has 0 atom stereocenters. The van der Waals surface area contributed by atoms with Gasteiger partial charge in [-0.2, -0.15) is 0 Å². The van der Waals surface area contributed by atoms with Gasteiger partial charge in [0.15, 0.2) is 0 Å². The van der Waals surface area contributed by atoms with Gasteiger partial charge in [-0.15, -0.1) is 0 Å². The summed E-state index contributed by atoms with van der Waals surface area (Å²) in [5.74, 6) is 0. The van der Waals surface area contributed by atoms with Crippen molar-refractivity contribution in [2.24, 2.45) is 0 Å². The first kappa shape index (κ1) is 39.6. The van der Waals surface area contributed by atoms with Gasteiger partial charge in [0.1, 0.15) is 0 Å². The number of aryl methyl sites for hydroxylation is 1. The quantitative estimate of drug-likeness (QED) is 0.125. The normalized spacial score (nSPS) is 11.3. The highest BCUT2D eigenvalue weighted by Gasteiger charge is 2.17. The smallest absolute Gasteiger partial charge is 0.0701 e. The van der Waals surface area contributed by atoms with Crippen molar-refractivity contribution in [3.05, 3.63) is 242 Å². The predicted molar refractivity (Wildman–Crippen MR) is 261 cm³/mol. The number of benzene rings is 7. The summed E-state index contributed by atoms with van der Waals surface area (Å²) in [5, 5.41) is 3.04. The van der Waals surface area contributed by atoms with Gasteiger partial charge in [0, 0.05) is 30.6 Å². The summed E-state index contributed by atoms with van der Waals surface area (Å²) in [6.07, 6.45) is 12.8. The molecule has 1 N–H and O–H groups in total. The summed E-state index contributed by atoms with van der Waals surface area (Å²) in [7, 11) is 1.91. The van der Waals surface area contributed by atoms with Crippen LogP contribution >= 0.6 is 0 Å². The number of rotatable bonds is 12. The Labute approximate surface area is 365 Å². The van der Waals surface area contributed by atoms with E-state index < -0.39 is 0 Å². The molecule has 2 aromatic heterocycles. The molecule has 0 aliphatic carbocycles. The van der Waals surface area contributed by atoms with E-state index in [1.807, 2.05) is 56.0 Å². The SMILES string of the molecule is CN/C=C\C=C/Cc1ccc(-c2ccccc2-c2cc(-c3ccccc3-c3ccc(-c4ccccn4)cc3)cc(-c3ccccc3-c3ccc(-c4ccccn4)cc3)c2)c(C)c1. The summed E-state index contributed by atoms with van der Waals surface area (Å²) in [5.41, 5.74) is 20.8. The number of pyridine rings is 2. The average Bonchev–Trinajstić information content (AvgIpc) is 3.34. The maximum Gasteiger partial charge on any atom is 0.0701 e. The molecule has 3 nitrogen and oxygen atoms in total. The van der Waals surface area contributed by atoms with Gasteiger partial charge in [-0.05, 0) is 146 Å². The van der Waals surface area contributed by atoms with Crippen LogP contribution in [0.25, 0.3) is 89.3 Å². The lowest BCUT2D eigenvalue weighted by atomic mass is 9.85. The third kappa shape index (κ3) is 8.70. The number of aromatic nitrogens is 2. The third-order valence-corrected chi connectivity index (χ3v) is 11.4. The molecule has 0 fully saturated rings. The highest BCUT2D eigenvalue weighted by Crippen LogP contribution is 2.43. The molecule has 0 unspecified atom stereocenters. The molecule has 62 heavy (non-hydrogen) atoms. The van der Waals surface area contributed by atoms with Crippen molar-refractivity contribution in [3.63, 3.8) is 0 Å².